The first-order valence-electron chi connectivity index (χ1n) is 14.9. The number of carbonyl (C=O) groups excluding carboxylic acids is 4. The maximum atomic E-state index is 13.5. The van der Waals surface area contributed by atoms with Gasteiger partial charge in [0.15, 0.2) is 5.96 Å². The zero-order valence-corrected chi connectivity index (χ0v) is 24.9. The lowest BCUT2D eigenvalue weighted by Crippen LogP contribution is -2.55. The Bertz CT molecular complexity index is 1260. The van der Waals surface area contributed by atoms with Crippen LogP contribution in [0.15, 0.2) is 59.6 Å². The highest BCUT2D eigenvalue weighted by Crippen LogP contribution is 2.29. The van der Waals surface area contributed by atoms with Crippen molar-refractivity contribution in [3.63, 3.8) is 0 Å². The number of nitrogens with one attached hydrogen (secondary N) is 3. The van der Waals surface area contributed by atoms with E-state index in [2.05, 4.69) is 20.9 Å². The Kier molecular flexibility index (Phi) is 13.4. The number of aliphatic imine (C=N–C) groups is 1. The van der Waals surface area contributed by atoms with Crippen LogP contribution in [0.4, 0.5) is 0 Å². The van der Waals surface area contributed by atoms with Gasteiger partial charge in [0.25, 0.3) is 0 Å². The summed E-state index contributed by atoms with van der Waals surface area (Å²) in [5.74, 6) is -1.68. The third-order valence-electron chi connectivity index (χ3n) is 7.14. The van der Waals surface area contributed by atoms with Gasteiger partial charge in [0.1, 0.15) is 30.5 Å². The minimum absolute atomic E-state index is 0.0667. The summed E-state index contributed by atoms with van der Waals surface area (Å²) in [7, 11) is 0. The van der Waals surface area contributed by atoms with Crippen LogP contribution in [0.5, 0.6) is 5.75 Å². The number of unbranched alkanes of at least 4 members (excludes halogenated alkanes) is 1. The van der Waals surface area contributed by atoms with Crippen molar-refractivity contribution >= 4 is 29.6 Å². The number of ether oxygens (including phenoxy) is 1. The van der Waals surface area contributed by atoms with E-state index in [1.807, 2.05) is 30.3 Å². The first-order valence-corrected chi connectivity index (χ1v) is 14.9. The fraction of sp³-hybridized carbons (Fsp3) is 0.452. The highest BCUT2D eigenvalue weighted by Gasteiger charge is 2.34. The van der Waals surface area contributed by atoms with Crippen LogP contribution >= 0.6 is 0 Å². The number of guanidine groups is 1. The van der Waals surface area contributed by atoms with Crippen LogP contribution in [-0.4, -0.2) is 54.8 Å². The Morgan fingerprint density at radius 2 is 1.45 bits per heavy atom. The molecule has 0 unspecified atom stereocenters. The SMILES string of the molecule is NCCCC[C@H](NC(=O)[C@H](CCCN=C(N)N)NC(=O)C1CC1)C(=O)N[C@@H](C(N)=O)c1ccc(OCc2ccccc2)cc1. The van der Waals surface area contributed by atoms with Crippen molar-refractivity contribution < 1.29 is 23.9 Å². The van der Waals surface area contributed by atoms with Gasteiger partial charge in [0, 0.05) is 12.5 Å². The van der Waals surface area contributed by atoms with Crippen molar-refractivity contribution in [3.8, 4) is 5.75 Å². The average Bonchev–Trinajstić information content (AvgIpc) is 3.86. The molecule has 13 nitrogen and oxygen atoms in total. The van der Waals surface area contributed by atoms with E-state index in [0.29, 0.717) is 43.7 Å². The van der Waals surface area contributed by atoms with Gasteiger partial charge in [-0.2, -0.15) is 0 Å². The normalized spacial score (nSPS) is 14.4. The largest absolute Gasteiger partial charge is 0.489 e. The minimum atomic E-state index is -1.15. The van der Waals surface area contributed by atoms with Gasteiger partial charge < -0.3 is 43.6 Å². The molecule has 2 aromatic rings. The van der Waals surface area contributed by atoms with Crippen LogP contribution < -0.4 is 43.6 Å². The van der Waals surface area contributed by atoms with Gasteiger partial charge in [-0.05, 0) is 74.8 Å². The Morgan fingerprint density at radius 3 is 2.07 bits per heavy atom. The molecule has 0 spiro atoms. The summed E-state index contributed by atoms with van der Waals surface area (Å²) >= 11 is 0. The third kappa shape index (κ3) is 11.6. The Balaban J connectivity index is 1.68. The fourth-order valence-corrected chi connectivity index (χ4v) is 4.50. The molecule has 0 bridgehead atoms. The van der Waals surface area contributed by atoms with Crippen molar-refractivity contribution in [1.82, 2.24) is 16.0 Å². The monoisotopic (exact) mass is 608 g/mol. The smallest absolute Gasteiger partial charge is 0.244 e. The summed E-state index contributed by atoms with van der Waals surface area (Å²) in [6.07, 6.45) is 3.68. The second-order valence-electron chi connectivity index (χ2n) is 10.8. The van der Waals surface area contributed by atoms with E-state index >= 15 is 0 Å². The molecule has 1 saturated carbocycles. The molecule has 4 amide bonds. The third-order valence-corrected chi connectivity index (χ3v) is 7.14. The first-order chi connectivity index (χ1) is 21.2. The van der Waals surface area contributed by atoms with E-state index in [-0.39, 0.29) is 37.2 Å². The van der Waals surface area contributed by atoms with Gasteiger partial charge in [-0.15, -0.1) is 0 Å². The zero-order valence-electron chi connectivity index (χ0n) is 24.9. The lowest BCUT2D eigenvalue weighted by molar-refractivity contribution is -0.133. The van der Waals surface area contributed by atoms with E-state index in [0.717, 1.165) is 18.4 Å². The van der Waals surface area contributed by atoms with Crippen LogP contribution in [0.2, 0.25) is 0 Å². The van der Waals surface area contributed by atoms with E-state index < -0.39 is 35.8 Å². The molecule has 238 valence electrons. The minimum Gasteiger partial charge on any atom is -0.489 e. The summed E-state index contributed by atoms with van der Waals surface area (Å²) in [4.78, 5) is 55.7. The number of rotatable bonds is 19. The molecular formula is C31H44N8O5. The summed E-state index contributed by atoms with van der Waals surface area (Å²) in [5, 5.41) is 8.24. The van der Waals surface area contributed by atoms with Gasteiger partial charge in [0.2, 0.25) is 23.6 Å². The maximum absolute atomic E-state index is 13.5. The first kappa shape index (κ1) is 33.8. The molecule has 44 heavy (non-hydrogen) atoms. The zero-order chi connectivity index (χ0) is 31.9. The molecule has 11 N–H and O–H groups in total. The van der Waals surface area contributed by atoms with Gasteiger partial charge >= 0.3 is 0 Å². The Morgan fingerprint density at radius 1 is 0.818 bits per heavy atom. The molecule has 0 aliphatic heterocycles. The van der Waals surface area contributed by atoms with Crippen LogP contribution in [0.1, 0.15) is 62.1 Å². The van der Waals surface area contributed by atoms with E-state index in [4.69, 9.17) is 27.7 Å². The molecule has 0 saturated heterocycles. The lowest BCUT2D eigenvalue weighted by atomic mass is 10.0. The van der Waals surface area contributed by atoms with Gasteiger partial charge in [-0.3, -0.25) is 24.2 Å². The number of nitrogens with zero attached hydrogens (tertiary/aromatic N) is 1. The lowest BCUT2D eigenvalue weighted by Gasteiger charge is -2.25. The second-order valence-corrected chi connectivity index (χ2v) is 10.8. The Hall–Kier alpha value is -4.65. The van der Waals surface area contributed by atoms with E-state index in [1.165, 1.54) is 0 Å². The molecule has 1 aliphatic carbocycles. The average molecular weight is 609 g/mol. The second kappa shape index (κ2) is 17.5. The topological polar surface area (TPSA) is 230 Å². The van der Waals surface area contributed by atoms with Crippen LogP contribution in [0, 0.1) is 5.92 Å². The molecule has 1 fully saturated rings. The molecule has 3 rings (SSSR count). The predicted octanol–water partition coefficient (Wildman–Crippen LogP) is 0.470. The van der Waals surface area contributed by atoms with Crippen molar-refractivity contribution in [2.75, 3.05) is 13.1 Å². The molecule has 0 radical (unpaired) electrons. The highest BCUT2D eigenvalue weighted by atomic mass is 16.5. The number of hydrogen-bond acceptors (Lipinski definition) is 7. The quantitative estimate of drug-likeness (QED) is 0.0671. The predicted molar refractivity (Wildman–Crippen MR) is 167 cm³/mol. The maximum Gasteiger partial charge on any atom is 0.244 e. The van der Waals surface area contributed by atoms with Crippen molar-refractivity contribution in [3.05, 3.63) is 65.7 Å². The molecule has 0 heterocycles. The van der Waals surface area contributed by atoms with Crippen LogP contribution in [0.25, 0.3) is 0 Å². The molecule has 3 atom stereocenters. The van der Waals surface area contributed by atoms with Crippen LogP contribution in [-0.2, 0) is 25.8 Å². The number of amides is 4. The molecule has 1 aliphatic rings. The van der Waals surface area contributed by atoms with Crippen molar-refractivity contribution in [2.45, 2.75) is 69.7 Å². The number of primary amides is 1. The summed E-state index contributed by atoms with van der Waals surface area (Å²) in [6, 6.07) is 13.3. The van der Waals surface area contributed by atoms with Gasteiger partial charge in [-0.25, -0.2) is 0 Å². The summed E-state index contributed by atoms with van der Waals surface area (Å²) in [5.41, 5.74) is 23.6. The molecular weight excluding hydrogens is 564 g/mol. The standard InChI is InChI=1S/C31H44N8O5/c32-17-5-4-9-24(38-29(42)25(10-6-18-36-31(34)35)37-28(41)22-11-12-22)30(43)39-26(27(33)40)21-13-15-23(16-14-21)44-19-20-7-2-1-3-8-20/h1-3,7-8,13-16,22,24-26H,4-6,9-12,17-19,32H2,(H2,33,40)(H,37,41)(H,38,42)(H,39,43)(H4,34,35,36)/t24-,25-,26+/m0/s1. The molecule has 2 aromatic carbocycles. The van der Waals surface area contributed by atoms with Crippen LogP contribution in [0.3, 0.4) is 0 Å². The number of hydrogen-bond donors (Lipinski definition) is 7. The van der Waals surface area contributed by atoms with Gasteiger partial charge in [0.05, 0.1) is 0 Å². The van der Waals surface area contributed by atoms with E-state index in [1.54, 1.807) is 24.3 Å². The van der Waals surface area contributed by atoms with Crippen molar-refractivity contribution in [1.29, 1.82) is 0 Å². The summed E-state index contributed by atoms with van der Waals surface area (Å²) < 4.78 is 5.81. The molecule has 13 heteroatoms. The Labute approximate surface area is 257 Å². The number of benzene rings is 2. The highest BCUT2D eigenvalue weighted by molar-refractivity contribution is 5.94. The number of nitrogens with two attached hydrogens (primary N) is 4. The van der Waals surface area contributed by atoms with E-state index in [9.17, 15) is 19.2 Å². The fourth-order valence-electron chi connectivity index (χ4n) is 4.50. The van der Waals surface area contributed by atoms with Crippen molar-refractivity contribution in [2.24, 2.45) is 33.8 Å². The summed E-state index contributed by atoms with van der Waals surface area (Å²) in [6.45, 7) is 1.06. The van der Waals surface area contributed by atoms with Gasteiger partial charge in [-0.1, -0.05) is 42.5 Å². The number of carbonyl (C=O) groups is 4. The molecule has 0 aromatic heterocycles.